The summed E-state index contributed by atoms with van der Waals surface area (Å²) in [5.74, 6) is 0.0986. The average molecular weight is 542 g/mol. The Kier molecular flexibility index (Phi) is 10.4. The summed E-state index contributed by atoms with van der Waals surface area (Å²) in [6.07, 6.45) is 1.13. The molecule has 0 aliphatic carbocycles. The fraction of sp³-hybridized carbons (Fsp3) is 0.333. The molecule has 0 aliphatic rings. The molecule has 2 atom stereocenters. The van der Waals surface area contributed by atoms with Crippen LogP contribution in [0, 0.1) is 13.8 Å². The van der Waals surface area contributed by atoms with Gasteiger partial charge >= 0.3 is 0 Å². The van der Waals surface area contributed by atoms with Crippen LogP contribution in [0.1, 0.15) is 42.5 Å². The minimum Gasteiger partial charge on any atom is -0.483 e. The van der Waals surface area contributed by atoms with E-state index in [9.17, 15) is 9.59 Å². The molecule has 3 rings (SSSR count). The van der Waals surface area contributed by atoms with E-state index < -0.39 is 6.04 Å². The molecule has 0 bridgehead atoms. The van der Waals surface area contributed by atoms with Crippen molar-refractivity contribution in [1.82, 2.24) is 10.2 Å². The molecule has 196 valence electrons. The van der Waals surface area contributed by atoms with Gasteiger partial charge in [-0.25, -0.2) is 0 Å². The first-order valence-corrected chi connectivity index (χ1v) is 13.2. The van der Waals surface area contributed by atoms with Gasteiger partial charge in [0.05, 0.1) is 0 Å². The van der Waals surface area contributed by atoms with E-state index in [0.29, 0.717) is 27.8 Å². The molecular formula is C30H34Cl2N2O3. The van der Waals surface area contributed by atoms with Gasteiger partial charge in [0.15, 0.2) is 6.61 Å². The summed E-state index contributed by atoms with van der Waals surface area (Å²) in [6, 6.07) is 19.8. The van der Waals surface area contributed by atoms with Crippen molar-refractivity contribution in [2.24, 2.45) is 0 Å². The van der Waals surface area contributed by atoms with E-state index in [2.05, 4.69) is 5.32 Å². The second kappa shape index (κ2) is 13.5. The van der Waals surface area contributed by atoms with Crippen molar-refractivity contribution in [2.75, 3.05) is 6.61 Å². The Bertz CT molecular complexity index is 1220. The van der Waals surface area contributed by atoms with Gasteiger partial charge in [0.2, 0.25) is 5.91 Å². The molecule has 5 nitrogen and oxygen atoms in total. The largest absolute Gasteiger partial charge is 0.483 e. The topological polar surface area (TPSA) is 58.6 Å². The zero-order chi connectivity index (χ0) is 26.9. The van der Waals surface area contributed by atoms with Crippen LogP contribution in [0.5, 0.6) is 5.75 Å². The quantitative estimate of drug-likeness (QED) is 0.300. The Morgan fingerprint density at radius 1 is 1.00 bits per heavy atom. The molecule has 2 amide bonds. The fourth-order valence-corrected chi connectivity index (χ4v) is 4.48. The van der Waals surface area contributed by atoms with Gasteiger partial charge in [0, 0.05) is 29.1 Å². The Labute approximate surface area is 229 Å². The molecule has 0 saturated carbocycles. The van der Waals surface area contributed by atoms with Gasteiger partial charge in [0.25, 0.3) is 5.91 Å². The van der Waals surface area contributed by atoms with Crippen molar-refractivity contribution in [3.63, 3.8) is 0 Å². The lowest BCUT2D eigenvalue weighted by Gasteiger charge is -2.32. The highest BCUT2D eigenvalue weighted by atomic mass is 35.5. The summed E-state index contributed by atoms with van der Waals surface area (Å²) < 4.78 is 5.93. The summed E-state index contributed by atoms with van der Waals surface area (Å²) in [7, 11) is 0. The monoisotopic (exact) mass is 540 g/mol. The number of rotatable bonds is 11. The summed E-state index contributed by atoms with van der Waals surface area (Å²) >= 11 is 12.6. The van der Waals surface area contributed by atoms with E-state index >= 15 is 0 Å². The highest BCUT2D eigenvalue weighted by Gasteiger charge is 2.31. The third kappa shape index (κ3) is 8.24. The molecule has 0 spiro atoms. The molecule has 1 N–H and O–H groups in total. The van der Waals surface area contributed by atoms with Gasteiger partial charge in [-0.15, -0.1) is 0 Å². The molecule has 0 aromatic heterocycles. The summed E-state index contributed by atoms with van der Waals surface area (Å²) in [4.78, 5) is 28.8. The van der Waals surface area contributed by atoms with Crippen LogP contribution < -0.4 is 10.1 Å². The van der Waals surface area contributed by atoms with E-state index in [1.165, 1.54) is 0 Å². The summed E-state index contributed by atoms with van der Waals surface area (Å²) in [6.45, 7) is 7.82. The van der Waals surface area contributed by atoms with Crippen molar-refractivity contribution in [3.8, 4) is 5.75 Å². The number of ether oxygens (including phenoxy) is 1. The first-order valence-electron chi connectivity index (χ1n) is 12.5. The Morgan fingerprint density at radius 2 is 1.73 bits per heavy atom. The molecular weight excluding hydrogens is 507 g/mol. The van der Waals surface area contributed by atoms with Crippen molar-refractivity contribution in [3.05, 3.63) is 99.0 Å². The van der Waals surface area contributed by atoms with E-state index in [1.54, 1.807) is 23.1 Å². The number of amides is 2. The highest BCUT2D eigenvalue weighted by molar-refractivity contribution is 6.35. The number of aryl methyl sites for hydroxylation is 2. The van der Waals surface area contributed by atoms with Crippen molar-refractivity contribution >= 4 is 35.0 Å². The lowest BCUT2D eigenvalue weighted by molar-refractivity contribution is -0.143. The summed E-state index contributed by atoms with van der Waals surface area (Å²) in [5, 5.41) is 3.99. The first kappa shape index (κ1) is 28.5. The van der Waals surface area contributed by atoms with Crippen molar-refractivity contribution in [2.45, 2.75) is 59.2 Å². The lowest BCUT2D eigenvalue weighted by atomic mass is 10.0. The number of halogens is 2. The number of hydrogen-bond donors (Lipinski definition) is 1. The van der Waals surface area contributed by atoms with Crippen molar-refractivity contribution < 1.29 is 14.3 Å². The molecule has 0 saturated heterocycles. The first-order chi connectivity index (χ1) is 17.7. The predicted molar refractivity (Wildman–Crippen MR) is 150 cm³/mol. The Hall–Kier alpha value is -3.02. The number of carbonyl (C=O) groups excluding carboxylic acids is 2. The summed E-state index contributed by atoms with van der Waals surface area (Å²) in [5.41, 5.74) is 3.69. The van der Waals surface area contributed by atoms with Gasteiger partial charge in [0.1, 0.15) is 11.8 Å². The van der Waals surface area contributed by atoms with E-state index in [4.69, 9.17) is 27.9 Å². The zero-order valence-corrected chi connectivity index (χ0v) is 23.3. The second-order valence-electron chi connectivity index (χ2n) is 9.34. The Morgan fingerprint density at radius 3 is 2.38 bits per heavy atom. The van der Waals surface area contributed by atoms with Gasteiger partial charge in [-0.2, -0.15) is 0 Å². The fourth-order valence-electron chi connectivity index (χ4n) is 4.01. The third-order valence-electron chi connectivity index (χ3n) is 6.31. The number of nitrogens with one attached hydrogen (secondary N) is 1. The number of benzene rings is 3. The maximum Gasteiger partial charge on any atom is 0.261 e. The number of hydrogen-bond acceptors (Lipinski definition) is 3. The van der Waals surface area contributed by atoms with Crippen LogP contribution in [-0.2, 0) is 22.6 Å². The minimum atomic E-state index is -0.765. The standard InChI is InChI=1S/C30H34Cl2N2O3/c1-5-22(4)33-30(36)27(16-23-9-7-6-8-10-23)34(18-24-12-13-25(31)17-26(24)32)29(35)19-37-28-14-11-20(2)15-21(28)3/h6-15,17,22,27H,5,16,18-19H2,1-4H3,(H,33,36)/t22-,27+/m0/s1. The second-order valence-corrected chi connectivity index (χ2v) is 10.2. The zero-order valence-electron chi connectivity index (χ0n) is 21.8. The molecule has 0 unspecified atom stereocenters. The average Bonchev–Trinajstić information content (AvgIpc) is 2.87. The Balaban J connectivity index is 1.95. The van der Waals surface area contributed by atoms with Gasteiger partial charge in [-0.1, -0.05) is 84.2 Å². The van der Waals surface area contributed by atoms with Gasteiger partial charge in [-0.3, -0.25) is 9.59 Å². The molecule has 37 heavy (non-hydrogen) atoms. The highest BCUT2D eigenvalue weighted by Crippen LogP contribution is 2.25. The van der Waals surface area contributed by atoms with Crippen LogP contribution in [-0.4, -0.2) is 35.4 Å². The molecule has 3 aromatic rings. The number of nitrogens with zero attached hydrogens (tertiary/aromatic N) is 1. The smallest absolute Gasteiger partial charge is 0.261 e. The molecule has 0 fully saturated rings. The van der Waals surface area contributed by atoms with Gasteiger partial charge in [-0.05, 0) is 62.1 Å². The van der Waals surface area contributed by atoms with Crippen LogP contribution >= 0.6 is 23.2 Å². The normalized spacial score (nSPS) is 12.5. The van der Waals surface area contributed by atoms with Crippen LogP contribution in [0.3, 0.4) is 0 Å². The minimum absolute atomic E-state index is 0.0340. The van der Waals surface area contributed by atoms with Crippen molar-refractivity contribution in [1.29, 1.82) is 0 Å². The van der Waals surface area contributed by atoms with E-state index in [-0.39, 0.29) is 31.0 Å². The van der Waals surface area contributed by atoms with Crippen LogP contribution in [0.4, 0.5) is 0 Å². The van der Waals surface area contributed by atoms with Crippen LogP contribution in [0.2, 0.25) is 10.0 Å². The van der Waals surface area contributed by atoms with Gasteiger partial charge < -0.3 is 15.0 Å². The molecule has 0 radical (unpaired) electrons. The maximum absolute atomic E-state index is 13.7. The molecule has 0 aliphatic heterocycles. The SMILES string of the molecule is CC[C@H](C)NC(=O)[C@@H](Cc1ccccc1)N(Cc1ccc(Cl)cc1Cl)C(=O)COc1ccc(C)cc1C. The third-order valence-corrected chi connectivity index (χ3v) is 6.90. The lowest BCUT2D eigenvalue weighted by Crippen LogP contribution is -2.53. The van der Waals surface area contributed by atoms with Crippen LogP contribution in [0.15, 0.2) is 66.7 Å². The predicted octanol–water partition coefficient (Wildman–Crippen LogP) is 6.54. The molecule has 0 heterocycles. The van der Waals surface area contributed by atoms with Crippen LogP contribution in [0.25, 0.3) is 0 Å². The molecule has 3 aromatic carbocycles. The van der Waals surface area contributed by atoms with E-state index in [1.807, 2.05) is 76.2 Å². The molecule has 7 heteroatoms. The van der Waals surface area contributed by atoms with E-state index in [0.717, 1.165) is 23.1 Å². The maximum atomic E-state index is 13.7. The number of carbonyl (C=O) groups is 2.